The average Bonchev–Trinajstić information content (AvgIpc) is 3.22. The molecule has 0 radical (unpaired) electrons. The van der Waals surface area contributed by atoms with Crippen molar-refractivity contribution in [2.24, 2.45) is 0 Å². The van der Waals surface area contributed by atoms with Gasteiger partial charge in [0.15, 0.2) is 0 Å². The van der Waals surface area contributed by atoms with Crippen molar-refractivity contribution >= 4 is 5.82 Å². The van der Waals surface area contributed by atoms with Crippen molar-refractivity contribution < 1.29 is 0 Å². The van der Waals surface area contributed by atoms with Crippen LogP contribution in [0.5, 0.6) is 0 Å². The van der Waals surface area contributed by atoms with Crippen LogP contribution in [-0.4, -0.2) is 44.7 Å². The summed E-state index contributed by atoms with van der Waals surface area (Å²) >= 11 is 0. The van der Waals surface area contributed by atoms with Crippen LogP contribution in [0, 0.1) is 6.92 Å². The molecule has 0 spiro atoms. The number of nitrogens with zero attached hydrogens (tertiary/aromatic N) is 5. The molecule has 1 aliphatic rings. The number of aromatic amines is 1. The smallest absolute Gasteiger partial charge is 0.147 e. The topological polar surface area (TPSA) is 60.9 Å². The molecule has 6 heteroatoms. The molecule has 0 saturated carbocycles. The van der Waals surface area contributed by atoms with Gasteiger partial charge in [-0.1, -0.05) is 29.8 Å². The van der Waals surface area contributed by atoms with Crippen molar-refractivity contribution in [1.29, 1.82) is 0 Å². The quantitative estimate of drug-likeness (QED) is 0.785. The number of piperazine rings is 1. The molecule has 1 aliphatic heterocycles. The van der Waals surface area contributed by atoms with Crippen LogP contribution in [0.1, 0.15) is 35.7 Å². The van der Waals surface area contributed by atoms with Crippen molar-refractivity contribution in [3.05, 3.63) is 71.9 Å². The molecule has 0 aliphatic carbocycles. The maximum Gasteiger partial charge on any atom is 0.147 e. The molecule has 1 fully saturated rings. The van der Waals surface area contributed by atoms with Gasteiger partial charge in [0.2, 0.25) is 0 Å². The molecule has 0 amide bonds. The van der Waals surface area contributed by atoms with Gasteiger partial charge in [-0.25, -0.2) is 4.98 Å². The number of rotatable bonds is 4. The van der Waals surface area contributed by atoms with Crippen molar-refractivity contribution in [2.45, 2.75) is 25.9 Å². The molecule has 4 rings (SSSR count). The Labute approximate surface area is 153 Å². The normalized spacial score (nSPS) is 19.5. The summed E-state index contributed by atoms with van der Waals surface area (Å²) in [4.78, 5) is 13.6. The molecule has 2 aromatic heterocycles. The second-order valence-corrected chi connectivity index (χ2v) is 6.88. The fourth-order valence-electron chi connectivity index (χ4n) is 3.78. The molecule has 26 heavy (non-hydrogen) atoms. The van der Waals surface area contributed by atoms with Crippen LogP contribution in [0.3, 0.4) is 0 Å². The van der Waals surface area contributed by atoms with Gasteiger partial charge in [0.05, 0.1) is 18.4 Å². The van der Waals surface area contributed by atoms with Crippen molar-refractivity contribution in [3.63, 3.8) is 0 Å². The maximum atomic E-state index is 4.50. The highest BCUT2D eigenvalue weighted by molar-refractivity contribution is 5.38. The molecule has 6 nitrogen and oxygen atoms in total. The van der Waals surface area contributed by atoms with E-state index in [4.69, 9.17) is 0 Å². The van der Waals surface area contributed by atoms with E-state index >= 15 is 0 Å². The maximum absolute atomic E-state index is 4.50. The van der Waals surface area contributed by atoms with E-state index in [9.17, 15) is 0 Å². The summed E-state index contributed by atoms with van der Waals surface area (Å²) in [6.07, 6.45) is 9.25. The van der Waals surface area contributed by atoms with Gasteiger partial charge in [0, 0.05) is 49.8 Å². The van der Waals surface area contributed by atoms with Crippen LogP contribution in [0.15, 0.2) is 55.2 Å². The average molecular weight is 348 g/mol. The van der Waals surface area contributed by atoms with Crippen molar-refractivity contribution in [1.82, 2.24) is 25.1 Å². The van der Waals surface area contributed by atoms with Gasteiger partial charge in [-0.05, 0) is 19.4 Å². The fraction of sp³-hybridized carbons (Fsp3) is 0.350. The Morgan fingerprint density at radius 3 is 2.85 bits per heavy atom. The molecular weight excluding hydrogens is 324 g/mol. The first kappa shape index (κ1) is 16.7. The van der Waals surface area contributed by atoms with Gasteiger partial charge in [-0.15, -0.1) is 0 Å². The molecule has 3 aromatic rings. The molecule has 134 valence electrons. The van der Waals surface area contributed by atoms with Crippen LogP contribution in [0.4, 0.5) is 5.82 Å². The molecule has 3 heterocycles. The summed E-state index contributed by atoms with van der Waals surface area (Å²) in [5.74, 6) is 0.945. The van der Waals surface area contributed by atoms with Crippen LogP contribution in [0.25, 0.3) is 0 Å². The van der Waals surface area contributed by atoms with Crippen LogP contribution in [-0.2, 0) is 0 Å². The number of aromatic nitrogens is 4. The monoisotopic (exact) mass is 348 g/mol. The van der Waals surface area contributed by atoms with E-state index in [0.717, 1.165) is 25.5 Å². The highest BCUT2D eigenvalue weighted by Crippen LogP contribution is 2.34. The number of hydrogen-bond donors (Lipinski definition) is 1. The zero-order chi connectivity index (χ0) is 17.9. The SMILES string of the molecule is Cc1cccc(C2CN(c3cnccn3)CCN2C(C)c2cn[nH]c2)c1. The molecule has 0 bridgehead atoms. The molecule has 2 unspecified atom stereocenters. The lowest BCUT2D eigenvalue weighted by Crippen LogP contribution is -2.49. The zero-order valence-corrected chi connectivity index (χ0v) is 15.2. The van der Waals surface area contributed by atoms with E-state index in [1.165, 1.54) is 16.7 Å². The van der Waals surface area contributed by atoms with Gasteiger partial charge >= 0.3 is 0 Å². The summed E-state index contributed by atoms with van der Waals surface area (Å²) in [7, 11) is 0. The van der Waals surface area contributed by atoms with Gasteiger partial charge in [0.25, 0.3) is 0 Å². The van der Waals surface area contributed by atoms with E-state index in [1.54, 1.807) is 12.4 Å². The van der Waals surface area contributed by atoms with Gasteiger partial charge in [-0.2, -0.15) is 5.10 Å². The third-order valence-electron chi connectivity index (χ3n) is 5.22. The first-order valence-corrected chi connectivity index (χ1v) is 9.04. The highest BCUT2D eigenvalue weighted by atomic mass is 15.3. The van der Waals surface area contributed by atoms with Crippen LogP contribution in [0.2, 0.25) is 0 Å². The van der Waals surface area contributed by atoms with E-state index in [0.29, 0.717) is 6.04 Å². The Hall–Kier alpha value is -2.73. The lowest BCUT2D eigenvalue weighted by atomic mass is 9.97. The van der Waals surface area contributed by atoms with Gasteiger partial charge < -0.3 is 4.90 Å². The Morgan fingerprint density at radius 1 is 1.19 bits per heavy atom. The van der Waals surface area contributed by atoms with E-state index in [1.807, 2.05) is 18.6 Å². The summed E-state index contributed by atoms with van der Waals surface area (Å²) in [5.41, 5.74) is 3.85. The Bertz CT molecular complexity index is 833. The summed E-state index contributed by atoms with van der Waals surface area (Å²) in [6, 6.07) is 9.40. The largest absolute Gasteiger partial charge is 0.352 e. The second kappa shape index (κ2) is 7.25. The lowest BCUT2D eigenvalue weighted by molar-refractivity contribution is 0.127. The number of nitrogens with one attached hydrogen (secondary N) is 1. The zero-order valence-electron chi connectivity index (χ0n) is 15.2. The van der Waals surface area contributed by atoms with E-state index in [-0.39, 0.29) is 6.04 Å². The minimum absolute atomic E-state index is 0.288. The second-order valence-electron chi connectivity index (χ2n) is 6.88. The summed E-state index contributed by atoms with van der Waals surface area (Å²) < 4.78 is 0. The standard InChI is InChI=1S/C20H24N6/c1-15-4-3-5-17(10-15)19-14-25(20-13-21-6-7-22-20)8-9-26(19)16(2)18-11-23-24-12-18/h3-7,10-13,16,19H,8-9,14H2,1-2H3,(H,23,24). The number of hydrogen-bond acceptors (Lipinski definition) is 5. The third-order valence-corrected chi connectivity index (χ3v) is 5.22. The van der Waals surface area contributed by atoms with E-state index < -0.39 is 0 Å². The number of anilines is 1. The Balaban J connectivity index is 1.66. The third kappa shape index (κ3) is 3.32. The van der Waals surface area contributed by atoms with Gasteiger partial charge in [0.1, 0.15) is 5.82 Å². The molecule has 1 saturated heterocycles. The number of aryl methyl sites for hydroxylation is 1. The molecule has 1 N–H and O–H groups in total. The van der Waals surface area contributed by atoms with Crippen molar-refractivity contribution in [2.75, 3.05) is 24.5 Å². The predicted molar refractivity (Wildman–Crippen MR) is 102 cm³/mol. The number of H-pyrrole nitrogens is 1. The highest BCUT2D eigenvalue weighted by Gasteiger charge is 2.32. The minimum Gasteiger partial charge on any atom is -0.352 e. The van der Waals surface area contributed by atoms with Crippen molar-refractivity contribution in [3.8, 4) is 0 Å². The number of benzene rings is 1. The molecular formula is C20H24N6. The van der Waals surface area contributed by atoms with Crippen LogP contribution < -0.4 is 4.90 Å². The molecule has 1 aromatic carbocycles. The van der Waals surface area contributed by atoms with E-state index in [2.05, 4.69) is 68.1 Å². The summed E-state index contributed by atoms with van der Waals surface area (Å²) in [5, 5.41) is 7.07. The lowest BCUT2D eigenvalue weighted by Gasteiger charge is -2.44. The Morgan fingerprint density at radius 2 is 2.12 bits per heavy atom. The fourth-order valence-corrected chi connectivity index (χ4v) is 3.78. The Kier molecular flexibility index (Phi) is 4.67. The first-order valence-electron chi connectivity index (χ1n) is 9.04. The predicted octanol–water partition coefficient (Wildman–Crippen LogP) is 3.13. The first-order chi connectivity index (χ1) is 12.7. The summed E-state index contributed by atoms with van der Waals surface area (Å²) in [6.45, 7) is 7.19. The van der Waals surface area contributed by atoms with Crippen LogP contribution >= 0.6 is 0 Å². The molecule has 2 atom stereocenters. The minimum atomic E-state index is 0.288. The van der Waals surface area contributed by atoms with Gasteiger partial charge in [-0.3, -0.25) is 15.0 Å².